The van der Waals surface area contributed by atoms with E-state index >= 15 is 0 Å². The Bertz CT molecular complexity index is 309. The Balaban J connectivity index is 2.54. The molecule has 1 aromatic rings. The fourth-order valence-corrected chi connectivity index (χ4v) is 1.74. The van der Waals surface area contributed by atoms with Gasteiger partial charge in [-0.3, -0.25) is 4.79 Å². The van der Waals surface area contributed by atoms with Crippen molar-refractivity contribution >= 4 is 17.7 Å². The molecule has 0 aliphatic rings. The Kier molecular flexibility index (Phi) is 3.36. The van der Waals surface area contributed by atoms with Gasteiger partial charge in [0.05, 0.1) is 18.6 Å². The van der Waals surface area contributed by atoms with Crippen molar-refractivity contribution < 1.29 is 9.53 Å². The van der Waals surface area contributed by atoms with Gasteiger partial charge in [-0.15, -0.1) is 0 Å². The summed E-state index contributed by atoms with van der Waals surface area (Å²) < 4.78 is 6.41. The van der Waals surface area contributed by atoms with Crippen LogP contribution >= 0.6 is 11.8 Å². The second-order valence-electron chi connectivity index (χ2n) is 2.64. The number of nitrogens with zero attached hydrogens (tertiary/aromatic N) is 2. The Morgan fingerprint density at radius 3 is 2.92 bits per heavy atom. The van der Waals surface area contributed by atoms with Crippen LogP contribution < -0.4 is 0 Å². The largest absolute Gasteiger partial charge is 0.468 e. The molecule has 0 atom stereocenters. The highest BCUT2D eigenvalue weighted by Gasteiger charge is 2.06. The summed E-state index contributed by atoms with van der Waals surface area (Å²) >= 11 is 1.38. The van der Waals surface area contributed by atoms with E-state index in [1.165, 1.54) is 18.9 Å². The van der Waals surface area contributed by atoms with Crippen LogP contribution in [0.3, 0.4) is 0 Å². The maximum atomic E-state index is 10.8. The number of carbonyl (C=O) groups is 1. The van der Waals surface area contributed by atoms with Crippen molar-refractivity contribution in [1.82, 2.24) is 9.55 Å². The topological polar surface area (TPSA) is 44.1 Å². The lowest BCUT2D eigenvalue weighted by Gasteiger charge is -1.99. The Labute approximate surface area is 81.3 Å². The predicted molar refractivity (Wildman–Crippen MR) is 50.7 cm³/mol. The van der Waals surface area contributed by atoms with Gasteiger partial charge in [0.2, 0.25) is 0 Å². The van der Waals surface area contributed by atoms with Crippen LogP contribution in [-0.4, -0.2) is 28.4 Å². The van der Waals surface area contributed by atoms with Crippen molar-refractivity contribution in [2.24, 2.45) is 7.05 Å². The van der Waals surface area contributed by atoms with Crippen molar-refractivity contribution in [3.05, 3.63) is 11.9 Å². The summed E-state index contributed by atoms with van der Waals surface area (Å²) in [5.41, 5.74) is 0.954. The van der Waals surface area contributed by atoms with Crippen LogP contribution in [0.15, 0.2) is 11.4 Å². The molecule has 0 aliphatic heterocycles. The second kappa shape index (κ2) is 4.32. The molecular weight excluding hydrogens is 188 g/mol. The molecule has 1 heterocycles. The van der Waals surface area contributed by atoms with Crippen LogP contribution in [0.25, 0.3) is 0 Å². The number of imidazole rings is 1. The van der Waals surface area contributed by atoms with Gasteiger partial charge in [-0.25, -0.2) is 4.98 Å². The number of aromatic nitrogens is 2. The summed E-state index contributed by atoms with van der Waals surface area (Å²) in [6, 6.07) is 0. The molecule has 0 saturated heterocycles. The van der Waals surface area contributed by atoms with Gasteiger partial charge >= 0.3 is 5.97 Å². The number of rotatable bonds is 3. The van der Waals surface area contributed by atoms with E-state index in [1.807, 2.05) is 24.7 Å². The molecule has 0 saturated carbocycles. The first kappa shape index (κ1) is 10.1. The molecule has 0 unspecified atom stereocenters. The van der Waals surface area contributed by atoms with Crippen molar-refractivity contribution in [1.29, 1.82) is 0 Å². The van der Waals surface area contributed by atoms with Gasteiger partial charge in [0, 0.05) is 13.2 Å². The first-order valence-electron chi connectivity index (χ1n) is 3.83. The van der Waals surface area contributed by atoms with Crippen molar-refractivity contribution in [3.8, 4) is 0 Å². The third-order valence-corrected chi connectivity index (χ3v) is 2.52. The number of hydrogen-bond donors (Lipinski definition) is 0. The molecule has 13 heavy (non-hydrogen) atoms. The van der Waals surface area contributed by atoms with Gasteiger partial charge in [-0.1, -0.05) is 11.8 Å². The average Bonchev–Trinajstić information content (AvgIpc) is 2.41. The smallest absolute Gasteiger partial charge is 0.316 e. The van der Waals surface area contributed by atoms with Crippen LogP contribution in [0.4, 0.5) is 0 Å². The predicted octanol–water partition coefficient (Wildman–Crippen LogP) is 0.994. The summed E-state index contributed by atoms with van der Waals surface area (Å²) in [4.78, 5) is 15.1. The molecule has 0 amide bonds. The molecular formula is C8H12N2O2S. The second-order valence-corrected chi connectivity index (χ2v) is 3.58. The minimum absolute atomic E-state index is 0.231. The van der Waals surface area contributed by atoms with Gasteiger partial charge in [0.1, 0.15) is 0 Å². The quantitative estimate of drug-likeness (QED) is 0.539. The molecule has 0 aliphatic carbocycles. The van der Waals surface area contributed by atoms with E-state index in [9.17, 15) is 4.79 Å². The van der Waals surface area contributed by atoms with E-state index in [4.69, 9.17) is 0 Å². The van der Waals surface area contributed by atoms with E-state index in [0.717, 1.165) is 10.9 Å². The number of ether oxygens (including phenoxy) is 1. The highest BCUT2D eigenvalue weighted by molar-refractivity contribution is 7.99. The molecule has 72 valence electrons. The van der Waals surface area contributed by atoms with E-state index in [2.05, 4.69) is 9.72 Å². The van der Waals surface area contributed by atoms with Crippen molar-refractivity contribution in [2.75, 3.05) is 12.9 Å². The van der Waals surface area contributed by atoms with Crippen molar-refractivity contribution in [3.63, 3.8) is 0 Å². The maximum Gasteiger partial charge on any atom is 0.316 e. The third-order valence-electron chi connectivity index (χ3n) is 1.50. The molecule has 0 bridgehead atoms. The lowest BCUT2D eigenvalue weighted by atomic mass is 10.6. The molecule has 4 nitrogen and oxygen atoms in total. The Hall–Kier alpha value is -0.970. The van der Waals surface area contributed by atoms with E-state index < -0.39 is 0 Å². The lowest BCUT2D eigenvalue weighted by molar-refractivity contribution is -0.137. The van der Waals surface area contributed by atoms with Crippen LogP contribution in [0.5, 0.6) is 0 Å². The molecule has 0 spiro atoms. The zero-order valence-electron chi connectivity index (χ0n) is 7.90. The van der Waals surface area contributed by atoms with Crippen LogP contribution in [0, 0.1) is 6.92 Å². The molecule has 0 radical (unpaired) electrons. The monoisotopic (exact) mass is 200 g/mol. The summed E-state index contributed by atoms with van der Waals surface area (Å²) in [5, 5.41) is 0.836. The van der Waals surface area contributed by atoms with Crippen LogP contribution in [-0.2, 0) is 16.6 Å². The average molecular weight is 200 g/mol. The van der Waals surface area contributed by atoms with Gasteiger partial charge in [0.25, 0.3) is 0 Å². The fraction of sp³-hybridized carbons (Fsp3) is 0.500. The highest BCUT2D eigenvalue weighted by Crippen LogP contribution is 2.15. The third kappa shape index (κ3) is 2.77. The standard InChI is InChI=1S/C8H12N2O2S/c1-6-4-10(2)8(9-6)13-5-7(11)12-3/h4H,5H2,1-3H3. The summed E-state index contributed by atoms with van der Waals surface area (Å²) in [6.45, 7) is 1.92. The number of esters is 1. The SMILES string of the molecule is COC(=O)CSc1nc(C)cn1C. The van der Waals surface area contributed by atoms with Gasteiger partial charge in [-0.2, -0.15) is 0 Å². The normalized spacial score (nSPS) is 10.1. The zero-order valence-corrected chi connectivity index (χ0v) is 8.72. The lowest BCUT2D eigenvalue weighted by Crippen LogP contribution is -2.04. The zero-order chi connectivity index (χ0) is 9.84. The number of hydrogen-bond acceptors (Lipinski definition) is 4. The molecule has 0 N–H and O–H groups in total. The van der Waals surface area contributed by atoms with Crippen molar-refractivity contribution in [2.45, 2.75) is 12.1 Å². The van der Waals surface area contributed by atoms with Crippen LogP contribution in [0.1, 0.15) is 5.69 Å². The van der Waals surface area contributed by atoms with Gasteiger partial charge in [0.15, 0.2) is 5.16 Å². The molecule has 1 aromatic heterocycles. The first-order chi connectivity index (χ1) is 6.13. The molecule has 5 heteroatoms. The number of thioether (sulfide) groups is 1. The number of carbonyl (C=O) groups excluding carboxylic acids is 1. The Morgan fingerprint density at radius 1 is 1.77 bits per heavy atom. The summed E-state index contributed by atoms with van der Waals surface area (Å²) in [6.07, 6.45) is 1.92. The van der Waals surface area contributed by atoms with Gasteiger partial charge < -0.3 is 9.30 Å². The molecule has 1 rings (SSSR count). The van der Waals surface area contributed by atoms with E-state index in [-0.39, 0.29) is 5.97 Å². The van der Waals surface area contributed by atoms with E-state index in [1.54, 1.807) is 0 Å². The maximum absolute atomic E-state index is 10.8. The van der Waals surface area contributed by atoms with Crippen LogP contribution in [0.2, 0.25) is 0 Å². The minimum Gasteiger partial charge on any atom is -0.468 e. The molecule has 0 fully saturated rings. The number of aryl methyl sites for hydroxylation is 2. The number of methoxy groups -OCH3 is 1. The van der Waals surface area contributed by atoms with E-state index in [0.29, 0.717) is 5.75 Å². The first-order valence-corrected chi connectivity index (χ1v) is 4.81. The fourth-order valence-electron chi connectivity index (χ4n) is 0.911. The van der Waals surface area contributed by atoms with Gasteiger partial charge in [-0.05, 0) is 6.92 Å². The molecule has 0 aromatic carbocycles. The summed E-state index contributed by atoms with van der Waals surface area (Å²) in [7, 11) is 3.28. The minimum atomic E-state index is -0.231. The highest BCUT2D eigenvalue weighted by atomic mass is 32.2. The summed E-state index contributed by atoms with van der Waals surface area (Å²) in [5.74, 6) is 0.0755. The Morgan fingerprint density at radius 2 is 2.46 bits per heavy atom.